The van der Waals surface area contributed by atoms with Crippen molar-refractivity contribution in [3.05, 3.63) is 88.0 Å². The quantitative estimate of drug-likeness (QED) is 0.365. The first-order valence-electron chi connectivity index (χ1n) is 11.7. The predicted octanol–water partition coefficient (Wildman–Crippen LogP) is 7.07. The minimum absolute atomic E-state index is 0.0230. The van der Waals surface area contributed by atoms with Gasteiger partial charge >= 0.3 is 6.18 Å². The summed E-state index contributed by atoms with van der Waals surface area (Å²) in [5.74, 6) is -1.09. The minimum atomic E-state index is -4.57. The van der Waals surface area contributed by atoms with E-state index in [0.29, 0.717) is 35.2 Å². The van der Waals surface area contributed by atoms with E-state index >= 15 is 4.39 Å². The van der Waals surface area contributed by atoms with Crippen molar-refractivity contribution in [1.29, 1.82) is 0 Å². The van der Waals surface area contributed by atoms with E-state index in [1.807, 2.05) is 13.8 Å². The Labute approximate surface area is 206 Å². The van der Waals surface area contributed by atoms with Crippen molar-refractivity contribution in [2.75, 3.05) is 6.61 Å². The summed E-state index contributed by atoms with van der Waals surface area (Å²) in [6.45, 7) is 5.31. The fourth-order valence-corrected chi connectivity index (χ4v) is 4.98. The Morgan fingerprint density at radius 2 is 1.67 bits per heavy atom. The molecular weight excluding hydrogens is 477 g/mol. The molecule has 2 N–H and O–H groups in total. The molecule has 0 amide bonds. The number of benzene rings is 2. The van der Waals surface area contributed by atoms with Gasteiger partial charge in [-0.15, -0.1) is 0 Å². The van der Waals surface area contributed by atoms with Crippen molar-refractivity contribution in [2.45, 2.75) is 58.0 Å². The number of halogens is 5. The number of hydrogen-bond acceptors (Lipinski definition) is 3. The molecule has 0 radical (unpaired) electrons. The summed E-state index contributed by atoms with van der Waals surface area (Å²) in [5, 5.41) is 21.1. The second-order valence-corrected chi connectivity index (χ2v) is 10.3. The number of aliphatic hydroxyl groups excluding tert-OH is 2. The average molecular weight is 506 g/mol. The van der Waals surface area contributed by atoms with Gasteiger partial charge in [0.25, 0.3) is 0 Å². The van der Waals surface area contributed by atoms with Crippen LogP contribution in [0.1, 0.15) is 79.0 Å². The number of hydrogen-bond donors (Lipinski definition) is 2. The highest BCUT2D eigenvalue weighted by molar-refractivity contribution is 5.75. The number of nitrogens with zero attached hydrogens (tertiary/aromatic N) is 1. The molecule has 3 unspecified atom stereocenters. The molecule has 0 saturated heterocycles. The van der Waals surface area contributed by atoms with Gasteiger partial charge in [0.05, 0.1) is 24.0 Å². The Hall–Kier alpha value is -2.84. The molecule has 1 aliphatic carbocycles. The molecule has 1 heterocycles. The second kappa shape index (κ2) is 9.56. The van der Waals surface area contributed by atoms with Crippen molar-refractivity contribution in [3.63, 3.8) is 0 Å². The Bertz CT molecular complexity index is 1240. The summed E-state index contributed by atoms with van der Waals surface area (Å²) >= 11 is 0. The standard InChI is InChI=1S/C28H28F5NO2/c1-15(14-35)26-24(25(30)17-4-8-18(9-5-17)28(31,32)33)22(16-6-10-19(29)11-7-16)23-20(34-26)12-27(2,3)13-21(23)36/h4-11,15,21,25,35-36H,12-14H2,1-3H3. The van der Waals surface area contributed by atoms with Crippen LogP contribution in [0.4, 0.5) is 22.0 Å². The molecule has 3 aromatic rings. The van der Waals surface area contributed by atoms with Crippen LogP contribution in [0.3, 0.4) is 0 Å². The molecule has 192 valence electrons. The second-order valence-electron chi connectivity index (χ2n) is 10.3. The van der Waals surface area contributed by atoms with E-state index in [1.165, 1.54) is 24.3 Å². The van der Waals surface area contributed by atoms with Crippen molar-refractivity contribution < 1.29 is 32.2 Å². The zero-order valence-corrected chi connectivity index (χ0v) is 20.2. The van der Waals surface area contributed by atoms with Gasteiger partial charge in [-0.3, -0.25) is 4.98 Å². The third kappa shape index (κ3) is 5.02. The molecule has 0 spiro atoms. The number of fused-ring (bicyclic) bond motifs is 1. The van der Waals surface area contributed by atoms with Crippen LogP contribution in [-0.4, -0.2) is 21.8 Å². The highest BCUT2D eigenvalue weighted by Gasteiger charge is 2.38. The zero-order chi connectivity index (χ0) is 26.4. The normalized spacial score (nSPS) is 19.0. The Kier molecular flexibility index (Phi) is 6.96. The topological polar surface area (TPSA) is 53.4 Å². The van der Waals surface area contributed by atoms with Crippen LogP contribution in [-0.2, 0) is 12.6 Å². The lowest BCUT2D eigenvalue weighted by Gasteiger charge is -2.37. The molecule has 4 rings (SSSR count). The van der Waals surface area contributed by atoms with Crippen LogP contribution >= 0.6 is 0 Å². The number of aliphatic hydroxyl groups is 2. The average Bonchev–Trinajstić information content (AvgIpc) is 2.81. The van der Waals surface area contributed by atoms with Crippen LogP contribution < -0.4 is 0 Å². The molecule has 3 nitrogen and oxygen atoms in total. The van der Waals surface area contributed by atoms with Gasteiger partial charge in [0.1, 0.15) is 5.82 Å². The fourth-order valence-electron chi connectivity index (χ4n) is 4.98. The van der Waals surface area contributed by atoms with Crippen LogP contribution in [0.5, 0.6) is 0 Å². The summed E-state index contributed by atoms with van der Waals surface area (Å²) < 4.78 is 69.4. The van der Waals surface area contributed by atoms with Crippen LogP contribution in [0, 0.1) is 11.2 Å². The monoisotopic (exact) mass is 505 g/mol. The van der Waals surface area contributed by atoms with Crippen LogP contribution in [0.15, 0.2) is 48.5 Å². The van der Waals surface area contributed by atoms with Gasteiger partial charge in [0, 0.05) is 22.7 Å². The Morgan fingerprint density at radius 3 is 2.22 bits per heavy atom. The third-order valence-electron chi connectivity index (χ3n) is 6.76. The minimum Gasteiger partial charge on any atom is -0.396 e. The molecule has 8 heteroatoms. The Balaban J connectivity index is 2.01. The predicted molar refractivity (Wildman–Crippen MR) is 127 cm³/mol. The third-order valence-corrected chi connectivity index (χ3v) is 6.76. The summed E-state index contributed by atoms with van der Waals surface area (Å²) in [6.07, 6.45) is -6.56. The molecule has 0 bridgehead atoms. The van der Waals surface area contributed by atoms with E-state index in [0.717, 1.165) is 24.3 Å². The molecule has 2 aromatic carbocycles. The van der Waals surface area contributed by atoms with Gasteiger partial charge in [0.2, 0.25) is 0 Å². The maximum Gasteiger partial charge on any atom is 0.416 e. The maximum atomic E-state index is 16.4. The van der Waals surface area contributed by atoms with E-state index in [2.05, 4.69) is 0 Å². The Morgan fingerprint density at radius 1 is 1.06 bits per heavy atom. The van der Waals surface area contributed by atoms with E-state index in [-0.39, 0.29) is 28.8 Å². The summed E-state index contributed by atoms with van der Waals surface area (Å²) in [7, 11) is 0. The van der Waals surface area contributed by atoms with E-state index in [1.54, 1.807) is 6.92 Å². The number of alkyl halides is 4. The van der Waals surface area contributed by atoms with Crippen molar-refractivity contribution in [2.24, 2.45) is 5.41 Å². The largest absolute Gasteiger partial charge is 0.416 e. The van der Waals surface area contributed by atoms with Crippen LogP contribution in [0.25, 0.3) is 11.1 Å². The lowest BCUT2D eigenvalue weighted by Crippen LogP contribution is -2.29. The fraction of sp³-hybridized carbons (Fsp3) is 0.393. The first-order chi connectivity index (χ1) is 16.8. The van der Waals surface area contributed by atoms with Crippen molar-refractivity contribution >= 4 is 0 Å². The molecular formula is C28H28F5NO2. The van der Waals surface area contributed by atoms with Gasteiger partial charge < -0.3 is 10.2 Å². The van der Waals surface area contributed by atoms with Gasteiger partial charge in [-0.25, -0.2) is 8.78 Å². The first-order valence-corrected chi connectivity index (χ1v) is 11.7. The molecule has 36 heavy (non-hydrogen) atoms. The van der Waals surface area contributed by atoms with Gasteiger partial charge in [-0.2, -0.15) is 13.2 Å². The molecule has 0 aliphatic heterocycles. The SMILES string of the molecule is CC(CO)c1nc2c(c(-c3ccc(F)cc3)c1C(F)c1ccc(C(F)(F)F)cc1)C(O)CC(C)(C)C2. The van der Waals surface area contributed by atoms with Crippen LogP contribution in [0.2, 0.25) is 0 Å². The summed E-state index contributed by atoms with van der Waals surface area (Å²) in [6, 6.07) is 9.21. The molecule has 0 fully saturated rings. The highest BCUT2D eigenvalue weighted by atomic mass is 19.4. The number of pyridine rings is 1. The lowest BCUT2D eigenvalue weighted by molar-refractivity contribution is -0.137. The van der Waals surface area contributed by atoms with Gasteiger partial charge in [0.15, 0.2) is 6.17 Å². The number of aromatic nitrogens is 1. The summed E-state index contributed by atoms with van der Waals surface area (Å²) in [4.78, 5) is 4.72. The highest BCUT2D eigenvalue weighted by Crippen LogP contribution is 2.49. The molecule has 1 aliphatic rings. The van der Waals surface area contributed by atoms with Gasteiger partial charge in [-0.1, -0.05) is 45.0 Å². The van der Waals surface area contributed by atoms with Crippen molar-refractivity contribution in [3.8, 4) is 11.1 Å². The molecule has 3 atom stereocenters. The van der Waals surface area contributed by atoms with E-state index in [4.69, 9.17) is 4.98 Å². The van der Waals surface area contributed by atoms with Gasteiger partial charge in [-0.05, 0) is 59.2 Å². The van der Waals surface area contributed by atoms with E-state index in [9.17, 15) is 27.8 Å². The first kappa shape index (κ1) is 26.2. The molecule has 0 saturated carbocycles. The van der Waals surface area contributed by atoms with E-state index < -0.39 is 35.8 Å². The zero-order valence-electron chi connectivity index (χ0n) is 20.2. The smallest absolute Gasteiger partial charge is 0.396 e. The maximum absolute atomic E-state index is 16.4. The number of rotatable bonds is 5. The molecule has 1 aromatic heterocycles. The lowest BCUT2D eigenvalue weighted by atomic mass is 9.71. The summed E-state index contributed by atoms with van der Waals surface area (Å²) in [5.41, 5.74) is 0.885. The van der Waals surface area contributed by atoms with Crippen molar-refractivity contribution in [1.82, 2.24) is 4.98 Å².